The predicted octanol–water partition coefficient (Wildman–Crippen LogP) is 3.04. The second-order valence-electron chi connectivity index (χ2n) is 6.03. The molecule has 1 fully saturated rings. The zero-order valence-corrected chi connectivity index (χ0v) is 14.6. The van der Waals surface area contributed by atoms with Crippen LogP contribution in [0.2, 0.25) is 0 Å². The maximum atomic E-state index is 12.0. The third kappa shape index (κ3) is 4.71. The first-order valence-electron chi connectivity index (χ1n) is 8.54. The van der Waals surface area contributed by atoms with E-state index >= 15 is 0 Å². The summed E-state index contributed by atoms with van der Waals surface area (Å²) in [7, 11) is 0. The van der Waals surface area contributed by atoms with Crippen LogP contribution >= 0.6 is 11.3 Å². The molecule has 128 valence electrons. The maximum absolute atomic E-state index is 12.0. The molecule has 1 saturated heterocycles. The molecule has 0 saturated carbocycles. The Hall–Kier alpha value is -2.08. The van der Waals surface area contributed by atoms with Gasteiger partial charge in [0.05, 0.1) is 0 Å². The average molecular weight is 344 g/mol. The lowest BCUT2D eigenvalue weighted by Gasteiger charge is -2.24. The van der Waals surface area contributed by atoms with Crippen LogP contribution in [0.3, 0.4) is 0 Å². The Morgan fingerprint density at radius 2 is 2.17 bits per heavy atom. The number of rotatable bonds is 7. The van der Waals surface area contributed by atoms with Gasteiger partial charge in [0, 0.05) is 37.3 Å². The first kappa shape index (κ1) is 16.8. The van der Waals surface area contributed by atoms with E-state index in [0.717, 1.165) is 37.4 Å². The summed E-state index contributed by atoms with van der Waals surface area (Å²) < 4.78 is 0. The van der Waals surface area contributed by atoms with E-state index in [9.17, 15) is 4.79 Å². The van der Waals surface area contributed by atoms with Gasteiger partial charge < -0.3 is 15.5 Å². The van der Waals surface area contributed by atoms with Crippen molar-refractivity contribution in [3.05, 3.63) is 47.5 Å². The Kier molecular flexibility index (Phi) is 6.07. The van der Waals surface area contributed by atoms with Gasteiger partial charge in [0.1, 0.15) is 0 Å². The largest absolute Gasteiger partial charge is 0.343 e. The van der Waals surface area contributed by atoms with E-state index in [1.165, 1.54) is 5.56 Å². The molecule has 1 aliphatic rings. The average Bonchev–Trinajstić information content (AvgIpc) is 3.28. The number of urea groups is 1. The molecule has 2 heterocycles. The summed E-state index contributed by atoms with van der Waals surface area (Å²) in [5.74, 6) is 0. The molecule has 1 aliphatic heterocycles. The van der Waals surface area contributed by atoms with Crippen LogP contribution in [0.5, 0.6) is 0 Å². The van der Waals surface area contributed by atoms with E-state index in [1.807, 2.05) is 29.8 Å². The molecule has 6 heteroatoms. The molecule has 1 aromatic heterocycles. The van der Waals surface area contributed by atoms with E-state index in [4.69, 9.17) is 0 Å². The summed E-state index contributed by atoms with van der Waals surface area (Å²) in [6.07, 6.45) is 6.04. The molecule has 0 radical (unpaired) electrons. The van der Waals surface area contributed by atoms with Crippen molar-refractivity contribution in [2.24, 2.45) is 0 Å². The number of anilines is 1. The number of amides is 2. The highest BCUT2D eigenvalue weighted by atomic mass is 32.1. The Labute approximate surface area is 147 Å². The SMILES string of the molecule is O=C(NCCCc1ccccc1)NCC1CCCN1c1nccs1. The van der Waals surface area contributed by atoms with Crippen molar-refractivity contribution in [1.82, 2.24) is 15.6 Å². The van der Waals surface area contributed by atoms with Gasteiger partial charge in [0.15, 0.2) is 5.13 Å². The highest BCUT2D eigenvalue weighted by molar-refractivity contribution is 7.13. The lowest BCUT2D eigenvalue weighted by molar-refractivity contribution is 0.240. The Morgan fingerprint density at radius 1 is 1.29 bits per heavy atom. The second-order valence-corrected chi connectivity index (χ2v) is 6.90. The summed E-state index contributed by atoms with van der Waals surface area (Å²) in [6, 6.07) is 10.6. The quantitative estimate of drug-likeness (QED) is 0.759. The lowest BCUT2D eigenvalue weighted by atomic mass is 10.1. The monoisotopic (exact) mass is 344 g/mol. The van der Waals surface area contributed by atoms with Crippen molar-refractivity contribution < 1.29 is 4.79 Å². The molecule has 24 heavy (non-hydrogen) atoms. The first-order chi connectivity index (χ1) is 11.8. The zero-order chi connectivity index (χ0) is 16.6. The van der Waals surface area contributed by atoms with Crippen LogP contribution in [0.15, 0.2) is 41.9 Å². The van der Waals surface area contributed by atoms with Gasteiger partial charge in [-0.05, 0) is 31.2 Å². The van der Waals surface area contributed by atoms with Crippen LogP contribution in [0.4, 0.5) is 9.93 Å². The third-order valence-electron chi connectivity index (χ3n) is 4.31. The van der Waals surface area contributed by atoms with Gasteiger partial charge in [0.2, 0.25) is 0 Å². The number of aromatic nitrogens is 1. The summed E-state index contributed by atoms with van der Waals surface area (Å²) in [6.45, 7) is 2.39. The fraction of sp³-hybridized carbons (Fsp3) is 0.444. The summed E-state index contributed by atoms with van der Waals surface area (Å²) >= 11 is 1.66. The minimum absolute atomic E-state index is 0.0750. The van der Waals surface area contributed by atoms with E-state index in [1.54, 1.807) is 11.3 Å². The number of thiazole rings is 1. The van der Waals surface area contributed by atoms with Crippen LogP contribution < -0.4 is 15.5 Å². The third-order valence-corrected chi connectivity index (χ3v) is 5.12. The fourth-order valence-electron chi connectivity index (χ4n) is 3.07. The fourth-order valence-corrected chi connectivity index (χ4v) is 3.81. The van der Waals surface area contributed by atoms with Crippen LogP contribution in [-0.2, 0) is 6.42 Å². The first-order valence-corrected chi connectivity index (χ1v) is 9.42. The molecular weight excluding hydrogens is 320 g/mol. The maximum Gasteiger partial charge on any atom is 0.314 e. The van der Waals surface area contributed by atoms with Crippen LogP contribution in [-0.4, -0.2) is 36.7 Å². The van der Waals surface area contributed by atoms with Crippen molar-refractivity contribution in [2.45, 2.75) is 31.7 Å². The number of nitrogens with one attached hydrogen (secondary N) is 2. The van der Waals surface area contributed by atoms with Gasteiger partial charge in [-0.15, -0.1) is 11.3 Å². The molecule has 2 aromatic rings. The number of aryl methyl sites for hydroxylation is 1. The lowest BCUT2D eigenvalue weighted by Crippen LogP contribution is -2.44. The van der Waals surface area contributed by atoms with Crippen molar-refractivity contribution in [3.8, 4) is 0 Å². The van der Waals surface area contributed by atoms with E-state index in [2.05, 4.69) is 32.7 Å². The topological polar surface area (TPSA) is 57.3 Å². The van der Waals surface area contributed by atoms with Gasteiger partial charge in [-0.2, -0.15) is 0 Å². The smallest absolute Gasteiger partial charge is 0.314 e. The number of carbonyl (C=O) groups excluding carboxylic acids is 1. The normalized spacial score (nSPS) is 17.0. The molecule has 2 amide bonds. The molecular formula is C18H24N4OS. The molecule has 2 N–H and O–H groups in total. The standard InChI is InChI=1S/C18H24N4OS/c23-17(19-10-4-8-15-6-2-1-3-7-15)21-14-16-9-5-12-22(16)18-20-11-13-24-18/h1-3,6-7,11,13,16H,4-5,8-10,12,14H2,(H2,19,21,23). The van der Waals surface area contributed by atoms with Crippen LogP contribution in [0.25, 0.3) is 0 Å². The highest BCUT2D eigenvalue weighted by Crippen LogP contribution is 2.26. The second kappa shape index (κ2) is 8.68. The van der Waals surface area contributed by atoms with Crippen molar-refractivity contribution in [2.75, 3.05) is 24.5 Å². The number of benzene rings is 1. The minimum atomic E-state index is -0.0750. The van der Waals surface area contributed by atoms with Crippen LogP contribution in [0.1, 0.15) is 24.8 Å². The minimum Gasteiger partial charge on any atom is -0.343 e. The summed E-state index contributed by atoms with van der Waals surface area (Å²) in [5.41, 5.74) is 1.31. The number of nitrogens with zero attached hydrogens (tertiary/aromatic N) is 2. The molecule has 0 spiro atoms. The predicted molar refractivity (Wildman–Crippen MR) is 98.6 cm³/mol. The van der Waals surface area contributed by atoms with Gasteiger partial charge in [-0.3, -0.25) is 0 Å². The molecule has 5 nitrogen and oxygen atoms in total. The molecule has 0 bridgehead atoms. The molecule has 1 unspecified atom stereocenters. The number of hydrogen-bond acceptors (Lipinski definition) is 4. The Morgan fingerprint density at radius 3 is 2.96 bits per heavy atom. The van der Waals surface area contributed by atoms with Gasteiger partial charge >= 0.3 is 6.03 Å². The van der Waals surface area contributed by atoms with Crippen molar-refractivity contribution in [1.29, 1.82) is 0 Å². The highest BCUT2D eigenvalue weighted by Gasteiger charge is 2.26. The van der Waals surface area contributed by atoms with E-state index < -0.39 is 0 Å². The van der Waals surface area contributed by atoms with Crippen molar-refractivity contribution in [3.63, 3.8) is 0 Å². The van der Waals surface area contributed by atoms with Gasteiger partial charge in [0.25, 0.3) is 0 Å². The van der Waals surface area contributed by atoms with E-state index in [0.29, 0.717) is 19.1 Å². The molecule has 3 rings (SSSR count). The van der Waals surface area contributed by atoms with Gasteiger partial charge in [-0.1, -0.05) is 30.3 Å². The summed E-state index contributed by atoms with van der Waals surface area (Å²) in [5, 5.41) is 9.00. The van der Waals surface area contributed by atoms with Crippen molar-refractivity contribution >= 4 is 22.5 Å². The van der Waals surface area contributed by atoms with Crippen LogP contribution in [0, 0.1) is 0 Å². The summed E-state index contributed by atoms with van der Waals surface area (Å²) in [4.78, 5) is 18.6. The molecule has 0 aliphatic carbocycles. The number of hydrogen-bond donors (Lipinski definition) is 2. The molecule has 1 aromatic carbocycles. The van der Waals surface area contributed by atoms with Gasteiger partial charge in [-0.25, -0.2) is 9.78 Å². The number of carbonyl (C=O) groups is 1. The van der Waals surface area contributed by atoms with E-state index in [-0.39, 0.29) is 6.03 Å². The molecule has 1 atom stereocenters. The Bertz CT molecular complexity index is 617. The Balaban J connectivity index is 1.33. The zero-order valence-electron chi connectivity index (χ0n) is 13.8.